The highest BCUT2D eigenvalue weighted by Crippen LogP contribution is 2.39. The van der Waals surface area contributed by atoms with Crippen LogP contribution in [-0.2, 0) is 0 Å². The summed E-state index contributed by atoms with van der Waals surface area (Å²) in [5.74, 6) is 1.90. The molecule has 214 valence electrons. The standard InChI is InChI=1S/C41H24N4S/c1-2-11-26(12-3-1)39-42-40(29-19-21-37-32(23-29)31-16-8-9-17-36(31)46-37)44-41(43-39)45-34-20-18-25-10-6-7-15-30(25)38(34)33-22-27-13-4-5-14-28(27)24-35(33)45/h1-24H. The first-order chi connectivity index (χ1) is 22.8. The summed E-state index contributed by atoms with van der Waals surface area (Å²) in [4.78, 5) is 15.5. The Balaban J connectivity index is 1.31. The zero-order valence-electron chi connectivity index (χ0n) is 24.6. The second-order valence-corrected chi connectivity index (χ2v) is 12.8. The maximum atomic E-state index is 5.25. The summed E-state index contributed by atoms with van der Waals surface area (Å²) in [6.07, 6.45) is 0. The zero-order chi connectivity index (χ0) is 30.2. The number of hydrogen-bond acceptors (Lipinski definition) is 4. The molecule has 3 aromatic heterocycles. The Morgan fingerprint density at radius 2 is 1.09 bits per heavy atom. The summed E-state index contributed by atoms with van der Waals surface area (Å²) in [5.41, 5.74) is 4.06. The highest BCUT2D eigenvalue weighted by atomic mass is 32.1. The second-order valence-electron chi connectivity index (χ2n) is 11.7. The number of rotatable bonds is 3. The van der Waals surface area contributed by atoms with Crippen LogP contribution in [0, 0.1) is 0 Å². The van der Waals surface area contributed by atoms with E-state index in [0.717, 1.165) is 22.2 Å². The molecule has 10 rings (SSSR count). The van der Waals surface area contributed by atoms with Crippen LogP contribution >= 0.6 is 11.3 Å². The van der Waals surface area contributed by atoms with Gasteiger partial charge >= 0.3 is 0 Å². The van der Waals surface area contributed by atoms with Gasteiger partial charge in [0.15, 0.2) is 11.6 Å². The van der Waals surface area contributed by atoms with Crippen molar-refractivity contribution in [2.75, 3.05) is 0 Å². The van der Waals surface area contributed by atoms with Gasteiger partial charge in [-0.25, -0.2) is 4.98 Å². The van der Waals surface area contributed by atoms with Crippen LogP contribution < -0.4 is 0 Å². The van der Waals surface area contributed by atoms with Gasteiger partial charge in [0.05, 0.1) is 11.0 Å². The van der Waals surface area contributed by atoms with E-state index < -0.39 is 0 Å². The van der Waals surface area contributed by atoms with Crippen LogP contribution in [0.4, 0.5) is 0 Å². The van der Waals surface area contributed by atoms with Crippen LogP contribution in [0.3, 0.4) is 0 Å². The molecule has 3 heterocycles. The second kappa shape index (κ2) is 9.80. The Morgan fingerprint density at radius 1 is 0.413 bits per heavy atom. The van der Waals surface area contributed by atoms with Gasteiger partial charge in [-0.3, -0.25) is 4.57 Å². The summed E-state index contributed by atoms with van der Waals surface area (Å²) in [6.45, 7) is 0. The van der Waals surface area contributed by atoms with Crippen LogP contribution in [0.25, 0.3) is 92.2 Å². The number of fused-ring (bicyclic) bond motifs is 9. The molecule has 10 aromatic rings. The topological polar surface area (TPSA) is 43.6 Å². The average molecular weight is 605 g/mol. The van der Waals surface area contributed by atoms with Gasteiger partial charge in [-0.15, -0.1) is 11.3 Å². The van der Waals surface area contributed by atoms with Crippen LogP contribution in [-0.4, -0.2) is 19.5 Å². The predicted molar refractivity (Wildman–Crippen MR) is 193 cm³/mol. The van der Waals surface area contributed by atoms with E-state index in [1.54, 1.807) is 0 Å². The van der Waals surface area contributed by atoms with Crippen molar-refractivity contribution in [3.05, 3.63) is 146 Å². The Hall–Kier alpha value is -5.91. The molecule has 0 saturated carbocycles. The summed E-state index contributed by atoms with van der Waals surface area (Å²) < 4.78 is 4.75. The van der Waals surface area contributed by atoms with Gasteiger partial charge in [0.1, 0.15) is 0 Å². The minimum absolute atomic E-state index is 0.602. The van der Waals surface area contributed by atoms with Gasteiger partial charge in [0.2, 0.25) is 5.95 Å². The molecular weight excluding hydrogens is 581 g/mol. The number of benzene rings is 7. The summed E-state index contributed by atoms with van der Waals surface area (Å²) in [5, 5.41) is 9.66. The molecule has 5 heteroatoms. The van der Waals surface area contributed by atoms with E-state index in [4.69, 9.17) is 15.0 Å². The Morgan fingerprint density at radius 3 is 1.93 bits per heavy atom. The molecule has 0 radical (unpaired) electrons. The molecular formula is C41H24N4S. The normalized spacial score (nSPS) is 11.9. The summed E-state index contributed by atoms with van der Waals surface area (Å²) in [7, 11) is 0. The average Bonchev–Trinajstić information content (AvgIpc) is 3.66. The fourth-order valence-corrected chi connectivity index (χ4v) is 7.95. The molecule has 0 fully saturated rings. The highest BCUT2D eigenvalue weighted by molar-refractivity contribution is 7.25. The molecule has 7 aromatic carbocycles. The van der Waals surface area contributed by atoms with Crippen molar-refractivity contribution in [3.63, 3.8) is 0 Å². The zero-order valence-corrected chi connectivity index (χ0v) is 25.4. The quantitative estimate of drug-likeness (QED) is 0.201. The lowest BCUT2D eigenvalue weighted by Gasteiger charge is -2.11. The van der Waals surface area contributed by atoms with E-state index in [1.807, 2.05) is 29.5 Å². The summed E-state index contributed by atoms with van der Waals surface area (Å²) >= 11 is 1.81. The SMILES string of the molecule is c1ccc(-c2nc(-c3ccc4sc5ccccc5c4c3)nc(-n3c4cc5ccccc5cc4c4c5ccccc5ccc43)n2)cc1. The molecule has 0 aliphatic rings. The van der Waals surface area contributed by atoms with Gasteiger partial charge in [-0.2, -0.15) is 9.97 Å². The number of nitrogens with zero attached hydrogens (tertiary/aromatic N) is 4. The van der Waals surface area contributed by atoms with E-state index in [0.29, 0.717) is 17.6 Å². The molecule has 0 N–H and O–H groups in total. The van der Waals surface area contributed by atoms with Crippen LogP contribution in [0.1, 0.15) is 0 Å². The van der Waals surface area contributed by atoms with Gasteiger partial charge in [0.25, 0.3) is 0 Å². The molecule has 46 heavy (non-hydrogen) atoms. The first-order valence-corrected chi connectivity index (χ1v) is 16.2. The lowest BCUT2D eigenvalue weighted by molar-refractivity contribution is 0.954. The van der Waals surface area contributed by atoms with Gasteiger partial charge in [0, 0.05) is 42.1 Å². The van der Waals surface area contributed by atoms with Crippen molar-refractivity contribution in [1.82, 2.24) is 19.5 Å². The lowest BCUT2D eigenvalue weighted by Crippen LogP contribution is -2.06. The third-order valence-electron chi connectivity index (χ3n) is 9.01. The van der Waals surface area contributed by atoms with Crippen LogP contribution in [0.15, 0.2) is 146 Å². The molecule has 0 aliphatic carbocycles. The van der Waals surface area contributed by atoms with Crippen molar-refractivity contribution in [1.29, 1.82) is 0 Å². The monoisotopic (exact) mass is 604 g/mol. The van der Waals surface area contributed by atoms with Gasteiger partial charge in [-0.1, -0.05) is 103 Å². The van der Waals surface area contributed by atoms with Gasteiger partial charge < -0.3 is 0 Å². The number of aromatic nitrogens is 4. The van der Waals surface area contributed by atoms with E-state index >= 15 is 0 Å². The van der Waals surface area contributed by atoms with Gasteiger partial charge in [-0.05, 0) is 64.0 Å². The number of hydrogen-bond donors (Lipinski definition) is 0. The maximum absolute atomic E-state index is 5.25. The van der Waals surface area contributed by atoms with Crippen LogP contribution in [0.2, 0.25) is 0 Å². The first-order valence-electron chi connectivity index (χ1n) is 15.4. The van der Waals surface area contributed by atoms with Crippen molar-refractivity contribution < 1.29 is 0 Å². The van der Waals surface area contributed by atoms with Crippen molar-refractivity contribution in [2.24, 2.45) is 0 Å². The van der Waals surface area contributed by atoms with Crippen molar-refractivity contribution in [3.8, 4) is 28.7 Å². The smallest absolute Gasteiger partial charge is 0.238 e. The Labute approximate surface area is 267 Å². The molecule has 0 aliphatic heterocycles. The molecule has 0 unspecified atom stereocenters. The molecule has 0 bridgehead atoms. The minimum Gasteiger partial charge on any atom is -0.278 e. The van der Waals surface area contributed by atoms with Crippen molar-refractivity contribution >= 4 is 74.9 Å². The number of thiophene rings is 1. The van der Waals surface area contributed by atoms with Crippen molar-refractivity contribution in [2.45, 2.75) is 0 Å². The largest absolute Gasteiger partial charge is 0.278 e. The minimum atomic E-state index is 0.602. The van der Waals surface area contributed by atoms with E-state index in [-0.39, 0.29) is 0 Å². The maximum Gasteiger partial charge on any atom is 0.238 e. The lowest BCUT2D eigenvalue weighted by atomic mass is 10.0. The predicted octanol–water partition coefficient (Wildman–Crippen LogP) is 11.0. The first kappa shape index (κ1) is 25.4. The van der Waals surface area contributed by atoms with E-state index in [9.17, 15) is 0 Å². The van der Waals surface area contributed by atoms with E-state index in [1.165, 1.54) is 52.5 Å². The molecule has 0 amide bonds. The molecule has 0 spiro atoms. The third kappa shape index (κ3) is 3.82. The molecule has 0 atom stereocenters. The third-order valence-corrected chi connectivity index (χ3v) is 10.2. The Bertz CT molecular complexity index is 2810. The molecule has 0 saturated heterocycles. The summed E-state index contributed by atoms with van der Waals surface area (Å²) in [6, 6.07) is 51.5. The Kier molecular flexibility index (Phi) is 5.41. The highest BCUT2D eigenvalue weighted by Gasteiger charge is 2.20. The van der Waals surface area contributed by atoms with E-state index in [2.05, 4.69) is 132 Å². The van der Waals surface area contributed by atoms with Crippen LogP contribution in [0.5, 0.6) is 0 Å². The fourth-order valence-electron chi connectivity index (χ4n) is 6.86. The molecule has 4 nitrogen and oxygen atoms in total. The fraction of sp³-hybridized carbons (Fsp3) is 0.